The molecule has 0 aliphatic carbocycles. The highest BCUT2D eigenvalue weighted by Gasteiger charge is 2.19. The Morgan fingerprint density at radius 2 is 1.70 bits per heavy atom. The van der Waals surface area contributed by atoms with Gasteiger partial charge in [-0.25, -0.2) is 4.79 Å². The van der Waals surface area contributed by atoms with E-state index in [9.17, 15) is 9.59 Å². The number of nitrogens with one attached hydrogen (secondary N) is 1. The number of benzene rings is 2. The molecule has 1 N–H and O–H groups in total. The van der Waals surface area contributed by atoms with Crippen LogP contribution in [0.2, 0.25) is 0 Å². The minimum Gasteiger partial charge on any atom is -0.497 e. The second kappa shape index (κ2) is 8.90. The molecule has 1 aromatic heterocycles. The van der Waals surface area contributed by atoms with E-state index in [2.05, 4.69) is 5.32 Å². The Morgan fingerprint density at radius 3 is 2.37 bits per heavy atom. The van der Waals surface area contributed by atoms with E-state index in [-0.39, 0.29) is 17.3 Å². The van der Waals surface area contributed by atoms with Crippen molar-refractivity contribution in [2.24, 2.45) is 0 Å². The molecule has 2 aromatic carbocycles. The molecule has 0 saturated heterocycles. The standard InChI is InChI=1S/C23H25NO6/c1-13(2)29-16-6-8-17-19(12-22(25)30-21(17)11-16)23(26)24-14(3)18-10-15(27-4)7-9-20(18)28-5/h6-14H,1-5H3,(H,24,26). The highest BCUT2D eigenvalue weighted by molar-refractivity contribution is 6.05. The van der Waals surface area contributed by atoms with Crippen LogP contribution < -0.4 is 25.2 Å². The smallest absolute Gasteiger partial charge is 0.337 e. The number of rotatable bonds is 7. The summed E-state index contributed by atoms with van der Waals surface area (Å²) in [6, 6.07) is 11.2. The van der Waals surface area contributed by atoms with Crippen molar-refractivity contribution in [3.8, 4) is 17.2 Å². The van der Waals surface area contributed by atoms with Gasteiger partial charge in [0.1, 0.15) is 22.8 Å². The van der Waals surface area contributed by atoms with Gasteiger partial charge in [-0.3, -0.25) is 4.79 Å². The van der Waals surface area contributed by atoms with E-state index in [1.807, 2.05) is 20.8 Å². The summed E-state index contributed by atoms with van der Waals surface area (Å²) in [6.07, 6.45) is -0.0284. The first-order valence-electron chi connectivity index (χ1n) is 9.59. The van der Waals surface area contributed by atoms with Gasteiger partial charge in [-0.2, -0.15) is 0 Å². The SMILES string of the molecule is COc1ccc(OC)c(C(C)NC(=O)c2cc(=O)oc3cc(OC(C)C)ccc23)c1. The number of fused-ring (bicyclic) bond motifs is 1. The van der Waals surface area contributed by atoms with Gasteiger partial charge >= 0.3 is 5.63 Å². The topological polar surface area (TPSA) is 87.0 Å². The number of ether oxygens (including phenoxy) is 3. The molecule has 0 saturated carbocycles. The van der Waals surface area contributed by atoms with Crippen LogP contribution in [0.3, 0.4) is 0 Å². The molecule has 30 heavy (non-hydrogen) atoms. The summed E-state index contributed by atoms with van der Waals surface area (Å²) >= 11 is 0. The van der Waals surface area contributed by atoms with Gasteiger partial charge in [-0.15, -0.1) is 0 Å². The molecule has 1 atom stereocenters. The van der Waals surface area contributed by atoms with E-state index in [0.717, 1.165) is 5.56 Å². The predicted molar refractivity (Wildman–Crippen MR) is 114 cm³/mol. The van der Waals surface area contributed by atoms with Crippen molar-refractivity contribution in [2.75, 3.05) is 14.2 Å². The maximum atomic E-state index is 13.0. The zero-order valence-corrected chi connectivity index (χ0v) is 17.6. The molecule has 158 valence electrons. The molecule has 0 radical (unpaired) electrons. The zero-order chi connectivity index (χ0) is 21.8. The first kappa shape index (κ1) is 21.2. The molecule has 3 aromatic rings. The fourth-order valence-electron chi connectivity index (χ4n) is 3.21. The van der Waals surface area contributed by atoms with Crippen molar-refractivity contribution in [1.82, 2.24) is 5.32 Å². The van der Waals surface area contributed by atoms with E-state index in [4.69, 9.17) is 18.6 Å². The Labute approximate surface area is 174 Å². The van der Waals surface area contributed by atoms with Crippen molar-refractivity contribution >= 4 is 16.9 Å². The molecule has 7 heteroatoms. The van der Waals surface area contributed by atoms with Gasteiger partial charge in [0.25, 0.3) is 5.91 Å². The lowest BCUT2D eigenvalue weighted by molar-refractivity contribution is 0.0940. The van der Waals surface area contributed by atoms with E-state index >= 15 is 0 Å². The molecule has 0 bridgehead atoms. The molecule has 0 fully saturated rings. The molecule has 0 aliphatic rings. The number of carbonyl (C=O) groups is 1. The molecular weight excluding hydrogens is 386 g/mol. The van der Waals surface area contributed by atoms with Gasteiger partial charge in [0.15, 0.2) is 0 Å². The number of carbonyl (C=O) groups excluding carboxylic acids is 1. The van der Waals surface area contributed by atoms with Crippen LogP contribution in [-0.2, 0) is 0 Å². The van der Waals surface area contributed by atoms with E-state index in [1.165, 1.54) is 6.07 Å². The number of hydrogen-bond donors (Lipinski definition) is 1. The Hall–Kier alpha value is -3.48. The highest BCUT2D eigenvalue weighted by Crippen LogP contribution is 2.30. The molecule has 1 heterocycles. The summed E-state index contributed by atoms with van der Waals surface area (Å²) in [4.78, 5) is 25.1. The fraction of sp³-hybridized carbons (Fsp3) is 0.304. The minimum atomic E-state index is -0.610. The van der Waals surface area contributed by atoms with Crippen molar-refractivity contribution in [3.05, 3.63) is 64.0 Å². The predicted octanol–water partition coefficient (Wildman–Crippen LogP) is 4.09. The first-order chi connectivity index (χ1) is 14.3. The summed E-state index contributed by atoms with van der Waals surface area (Å²) in [5.41, 5.74) is 0.662. The monoisotopic (exact) mass is 411 g/mol. The molecule has 0 spiro atoms. The lowest BCUT2D eigenvalue weighted by Gasteiger charge is -2.18. The second-order valence-corrected chi connectivity index (χ2v) is 7.11. The molecule has 1 unspecified atom stereocenters. The van der Waals surface area contributed by atoms with Crippen LogP contribution in [-0.4, -0.2) is 26.2 Å². The molecular formula is C23H25NO6. The fourth-order valence-corrected chi connectivity index (χ4v) is 3.21. The van der Waals surface area contributed by atoms with E-state index in [1.54, 1.807) is 50.6 Å². The summed E-state index contributed by atoms with van der Waals surface area (Å²) < 4.78 is 21.6. The summed E-state index contributed by atoms with van der Waals surface area (Å²) in [7, 11) is 3.13. The number of amides is 1. The Kier molecular flexibility index (Phi) is 6.30. The average Bonchev–Trinajstić information content (AvgIpc) is 2.71. The third-order valence-corrected chi connectivity index (χ3v) is 4.58. The second-order valence-electron chi connectivity index (χ2n) is 7.11. The van der Waals surface area contributed by atoms with Crippen LogP contribution in [0, 0.1) is 0 Å². The largest absolute Gasteiger partial charge is 0.497 e. The third-order valence-electron chi connectivity index (χ3n) is 4.58. The Morgan fingerprint density at radius 1 is 0.967 bits per heavy atom. The van der Waals surface area contributed by atoms with Crippen LogP contribution in [0.1, 0.15) is 42.7 Å². The van der Waals surface area contributed by atoms with Gasteiger partial charge < -0.3 is 23.9 Å². The average molecular weight is 411 g/mol. The lowest BCUT2D eigenvalue weighted by Crippen LogP contribution is -2.28. The van der Waals surface area contributed by atoms with Gasteiger partial charge in [0, 0.05) is 23.1 Å². The molecule has 0 aliphatic heterocycles. The van der Waals surface area contributed by atoms with Crippen LogP contribution in [0.15, 0.2) is 51.7 Å². The molecule has 1 amide bonds. The van der Waals surface area contributed by atoms with Crippen LogP contribution in [0.5, 0.6) is 17.2 Å². The number of methoxy groups -OCH3 is 2. The zero-order valence-electron chi connectivity index (χ0n) is 17.6. The lowest BCUT2D eigenvalue weighted by atomic mass is 10.0. The number of hydrogen-bond acceptors (Lipinski definition) is 6. The van der Waals surface area contributed by atoms with Gasteiger partial charge in [0.2, 0.25) is 0 Å². The van der Waals surface area contributed by atoms with E-state index in [0.29, 0.717) is 22.6 Å². The molecule has 7 nitrogen and oxygen atoms in total. The van der Waals surface area contributed by atoms with E-state index < -0.39 is 17.6 Å². The van der Waals surface area contributed by atoms with Gasteiger partial charge in [0.05, 0.1) is 31.9 Å². The van der Waals surface area contributed by atoms with Crippen molar-refractivity contribution < 1.29 is 23.4 Å². The van der Waals surface area contributed by atoms with Gasteiger partial charge in [-0.1, -0.05) is 0 Å². The minimum absolute atomic E-state index is 0.0284. The summed E-state index contributed by atoms with van der Waals surface area (Å²) in [5, 5.41) is 3.44. The van der Waals surface area contributed by atoms with Crippen LogP contribution in [0.4, 0.5) is 0 Å². The first-order valence-corrected chi connectivity index (χ1v) is 9.59. The quantitative estimate of drug-likeness (QED) is 0.590. The summed E-state index contributed by atoms with van der Waals surface area (Å²) in [5.74, 6) is 1.43. The summed E-state index contributed by atoms with van der Waals surface area (Å²) in [6.45, 7) is 5.63. The maximum Gasteiger partial charge on any atom is 0.337 e. The highest BCUT2D eigenvalue weighted by atomic mass is 16.5. The van der Waals surface area contributed by atoms with Crippen LogP contribution in [0.25, 0.3) is 11.0 Å². The van der Waals surface area contributed by atoms with Crippen molar-refractivity contribution in [1.29, 1.82) is 0 Å². The Bertz CT molecular complexity index is 1120. The molecule has 3 rings (SSSR count). The Balaban J connectivity index is 1.94. The van der Waals surface area contributed by atoms with Gasteiger partial charge in [-0.05, 0) is 51.1 Å². The maximum absolute atomic E-state index is 13.0. The van der Waals surface area contributed by atoms with Crippen LogP contribution >= 0.6 is 0 Å². The normalized spacial score (nSPS) is 11.9. The third kappa shape index (κ3) is 4.56. The van der Waals surface area contributed by atoms with Crippen molar-refractivity contribution in [2.45, 2.75) is 32.9 Å². The van der Waals surface area contributed by atoms with Crippen molar-refractivity contribution in [3.63, 3.8) is 0 Å².